The molecule has 0 bridgehead atoms. The van der Waals surface area contributed by atoms with Gasteiger partial charge in [0.15, 0.2) is 5.17 Å². The van der Waals surface area contributed by atoms with Crippen molar-refractivity contribution < 1.29 is 9.32 Å². The molecule has 102 valence electrons. The van der Waals surface area contributed by atoms with Gasteiger partial charge in [-0.2, -0.15) is 4.99 Å². The Kier molecular flexibility index (Phi) is 5.08. The first-order valence-electron chi connectivity index (χ1n) is 5.39. The monoisotopic (exact) mass is 352 g/mol. The standard InChI is InChI=1S/C10H7BrN2OS.C2H2N2O/c1-6-9(14)13-10(15-6)12-8-5-3-2-4-7(8)11;1-2-5-4-3-1/h2-5H,1H2,(H,12,13,14);1-2H. The number of hydrogen-bond donors (Lipinski definition) is 1. The summed E-state index contributed by atoms with van der Waals surface area (Å²) in [5.74, 6) is -0.269. The predicted octanol–water partition coefficient (Wildman–Crippen LogP) is 3.07. The summed E-state index contributed by atoms with van der Waals surface area (Å²) in [6, 6.07) is 7.64. The highest BCUT2D eigenvalue weighted by molar-refractivity contribution is 9.10. The van der Waals surface area contributed by atoms with Gasteiger partial charge in [-0.15, -0.1) is 5.10 Å². The van der Waals surface area contributed by atoms with E-state index in [-0.39, 0.29) is 5.91 Å². The van der Waals surface area contributed by atoms with Gasteiger partial charge < -0.3 is 9.84 Å². The molecule has 20 heavy (non-hydrogen) atoms. The van der Waals surface area contributed by atoms with E-state index in [1.807, 2.05) is 24.3 Å². The average molecular weight is 353 g/mol. The van der Waals surface area contributed by atoms with Gasteiger partial charge in [0, 0.05) is 9.74 Å². The number of aliphatic imine (C=N–C) groups is 1. The lowest BCUT2D eigenvalue weighted by molar-refractivity contribution is -0.113. The molecular formula is C12H9BrN4O2S. The SMILES string of the molecule is C=C1SC(Nc2ccccc2Br)=NC1=O.c1conn1. The van der Waals surface area contributed by atoms with E-state index in [2.05, 4.69) is 47.7 Å². The third-order valence-corrected chi connectivity index (χ3v) is 3.56. The molecule has 2 aromatic rings. The molecular weight excluding hydrogens is 344 g/mol. The number of amides is 1. The summed E-state index contributed by atoms with van der Waals surface area (Å²) in [6.07, 6.45) is 2.88. The van der Waals surface area contributed by atoms with Crippen molar-refractivity contribution in [3.63, 3.8) is 0 Å². The van der Waals surface area contributed by atoms with Crippen molar-refractivity contribution in [2.24, 2.45) is 4.99 Å². The van der Waals surface area contributed by atoms with Crippen LogP contribution in [0.1, 0.15) is 0 Å². The molecule has 0 spiro atoms. The first-order chi connectivity index (χ1) is 9.66. The molecule has 0 radical (unpaired) electrons. The lowest BCUT2D eigenvalue weighted by Crippen LogP contribution is -2.05. The Bertz CT molecular complexity index is 625. The maximum absolute atomic E-state index is 11.1. The van der Waals surface area contributed by atoms with E-state index in [9.17, 15) is 4.79 Å². The summed E-state index contributed by atoms with van der Waals surface area (Å²) < 4.78 is 5.15. The van der Waals surface area contributed by atoms with Crippen molar-refractivity contribution in [3.05, 3.63) is 52.7 Å². The summed E-state index contributed by atoms with van der Waals surface area (Å²) in [7, 11) is 0. The number of nitrogens with one attached hydrogen (secondary N) is 1. The molecule has 1 N–H and O–H groups in total. The van der Waals surface area contributed by atoms with Crippen LogP contribution in [0.3, 0.4) is 0 Å². The Morgan fingerprint density at radius 1 is 1.35 bits per heavy atom. The zero-order valence-electron chi connectivity index (χ0n) is 10.1. The Hall–Kier alpha value is -1.93. The van der Waals surface area contributed by atoms with Crippen LogP contribution in [0.5, 0.6) is 0 Å². The Morgan fingerprint density at radius 3 is 2.65 bits per heavy atom. The summed E-state index contributed by atoms with van der Waals surface area (Å²) in [6.45, 7) is 3.60. The van der Waals surface area contributed by atoms with Crippen LogP contribution in [0.4, 0.5) is 5.69 Å². The van der Waals surface area contributed by atoms with Crippen molar-refractivity contribution in [2.45, 2.75) is 0 Å². The number of benzene rings is 1. The summed E-state index contributed by atoms with van der Waals surface area (Å²) in [5, 5.41) is 10.0. The maximum Gasteiger partial charge on any atom is 0.285 e. The molecule has 0 saturated carbocycles. The van der Waals surface area contributed by atoms with Crippen LogP contribution in [0.15, 0.2) is 62.2 Å². The third kappa shape index (κ3) is 4.04. The smallest absolute Gasteiger partial charge is 0.285 e. The minimum Gasteiger partial charge on any atom is -0.346 e. The van der Waals surface area contributed by atoms with Gasteiger partial charge in [-0.05, 0) is 39.8 Å². The molecule has 1 aromatic heterocycles. The first kappa shape index (κ1) is 14.5. The lowest BCUT2D eigenvalue weighted by Gasteiger charge is -2.05. The number of aromatic nitrogens is 2. The molecule has 1 aliphatic heterocycles. The van der Waals surface area contributed by atoms with Gasteiger partial charge in [0.1, 0.15) is 6.26 Å². The molecule has 0 unspecified atom stereocenters. The normalized spacial score (nSPS) is 13.6. The summed E-state index contributed by atoms with van der Waals surface area (Å²) in [5.41, 5.74) is 0.881. The lowest BCUT2D eigenvalue weighted by atomic mass is 10.3. The fourth-order valence-electron chi connectivity index (χ4n) is 1.21. The van der Waals surface area contributed by atoms with E-state index < -0.39 is 0 Å². The van der Waals surface area contributed by atoms with Gasteiger partial charge >= 0.3 is 0 Å². The number of amidine groups is 1. The van der Waals surface area contributed by atoms with Crippen LogP contribution in [0.25, 0.3) is 0 Å². The van der Waals surface area contributed by atoms with E-state index in [1.54, 1.807) is 0 Å². The van der Waals surface area contributed by atoms with E-state index in [0.717, 1.165) is 10.2 Å². The zero-order chi connectivity index (χ0) is 14.4. The van der Waals surface area contributed by atoms with Crippen LogP contribution in [0.2, 0.25) is 0 Å². The minimum atomic E-state index is -0.269. The molecule has 1 aromatic carbocycles. The Balaban J connectivity index is 0.000000247. The molecule has 0 saturated heterocycles. The highest BCUT2D eigenvalue weighted by Gasteiger charge is 2.19. The highest BCUT2D eigenvalue weighted by atomic mass is 79.9. The summed E-state index contributed by atoms with van der Waals surface area (Å²) >= 11 is 4.65. The number of halogens is 1. The second kappa shape index (κ2) is 7.01. The van der Waals surface area contributed by atoms with Gasteiger partial charge in [0.25, 0.3) is 5.91 Å². The second-order valence-corrected chi connectivity index (χ2v) is 5.38. The predicted molar refractivity (Wildman–Crippen MR) is 81.2 cm³/mol. The van der Waals surface area contributed by atoms with Gasteiger partial charge in [0.05, 0.1) is 16.8 Å². The van der Waals surface area contributed by atoms with Crippen molar-refractivity contribution in [1.29, 1.82) is 0 Å². The van der Waals surface area contributed by atoms with Crippen LogP contribution >= 0.6 is 27.7 Å². The molecule has 6 nitrogen and oxygen atoms in total. The van der Waals surface area contributed by atoms with Gasteiger partial charge in [-0.25, -0.2) is 0 Å². The molecule has 1 aliphatic rings. The molecule has 1 amide bonds. The van der Waals surface area contributed by atoms with Crippen LogP contribution in [0, 0.1) is 0 Å². The van der Waals surface area contributed by atoms with E-state index in [0.29, 0.717) is 10.1 Å². The molecule has 0 fully saturated rings. The van der Waals surface area contributed by atoms with Crippen LogP contribution in [-0.2, 0) is 4.79 Å². The fourth-order valence-corrected chi connectivity index (χ4v) is 2.24. The number of carbonyl (C=O) groups is 1. The van der Waals surface area contributed by atoms with Crippen molar-refractivity contribution >= 4 is 44.5 Å². The third-order valence-electron chi connectivity index (χ3n) is 2.06. The summed E-state index contributed by atoms with van der Waals surface area (Å²) in [4.78, 5) is 15.4. The first-order valence-corrected chi connectivity index (χ1v) is 7.00. The van der Waals surface area contributed by atoms with Crippen LogP contribution < -0.4 is 5.32 Å². The Labute approximate surface area is 127 Å². The fraction of sp³-hybridized carbons (Fsp3) is 0. The second-order valence-electron chi connectivity index (χ2n) is 3.44. The number of nitrogens with zero attached hydrogens (tertiary/aromatic N) is 3. The van der Waals surface area contributed by atoms with Gasteiger partial charge in [0.2, 0.25) is 0 Å². The maximum atomic E-state index is 11.1. The van der Waals surface area contributed by atoms with Crippen molar-refractivity contribution in [3.8, 4) is 0 Å². The topological polar surface area (TPSA) is 80.4 Å². The molecule has 0 aliphatic carbocycles. The number of para-hydroxylation sites is 1. The zero-order valence-corrected chi connectivity index (χ0v) is 12.5. The molecule has 3 rings (SSSR count). The number of hydrogen-bond acceptors (Lipinski definition) is 6. The molecule has 0 atom stereocenters. The number of thioether (sulfide) groups is 1. The molecule has 2 heterocycles. The van der Waals surface area contributed by atoms with Gasteiger partial charge in [-0.1, -0.05) is 18.7 Å². The number of carbonyl (C=O) groups excluding carboxylic acids is 1. The van der Waals surface area contributed by atoms with E-state index >= 15 is 0 Å². The number of anilines is 1. The minimum absolute atomic E-state index is 0.269. The number of rotatable bonds is 1. The van der Waals surface area contributed by atoms with Gasteiger partial charge in [-0.3, -0.25) is 4.79 Å². The van der Waals surface area contributed by atoms with Crippen LogP contribution in [-0.4, -0.2) is 21.4 Å². The van der Waals surface area contributed by atoms with E-state index in [1.165, 1.54) is 24.2 Å². The quantitative estimate of drug-likeness (QED) is 0.794. The van der Waals surface area contributed by atoms with Crippen molar-refractivity contribution in [1.82, 2.24) is 10.4 Å². The van der Waals surface area contributed by atoms with E-state index in [4.69, 9.17) is 0 Å². The largest absolute Gasteiger partial charge is 0.346 e. The highest BCUT2D eigenvalue weighted by Crippen LogP contribution is 2.28. The van der Waals surface area contributed by atoms with Crippen molar-refractivity contribution in [2.75, 3.05) is 5.32 Å². The Morgan fingerprint density at radius 2 is 2.15 bits per heavy atom. The average Bonchev–Trinajstić information content (AvgIpc) is 3.08. The molecule has 8 heteroatoms.